The molecule has 282 valence electrons. The van der Waals surface area contributed by atoms with Gasteiger partial charge in [0.2, 0.25) is 27.6 Å². The number of hydrogen-bond donors (Lipinski definition) is 4. The molecule has 0 aromatic heterocycles. The molecule has 0 spiro atoms. The molecule has 3 aliphatic carbocycles. The fourth-order valence-corrected chi connectivity index (χ4v) is 10.6. The minimum absolute atomic E-state index is 0.00597. The molecular weight excluding hydrogens is 660 g/mol. The molecule has 5 atom stereocenters. The zero-order valence-electron chi connectivity index (χ0n) is 30.9. The number of nitrogens with zero attached hydrogens (tertiary/aromatic N) is 2. The van der Waals surface area contributed by atoms with E-state index in [0.29, 0.717) is 45.3 Å². The van der Waals surface area contributed by atoms with Gasteiger partial charge in [0, 0.05) is 25.7 Å². The number of piperidine rings is 1. The summed E-state index contributed by atoms with van der Waals surface area (Å²) in [4.78, 5) is 69.9. The highest BCUT2D eigenvalue weighted by molar-refractivity contribution is 7.89. The van der Waals surface area contributed by atoms with Crippen molar-refractivity contribution in [3.63, 3.8) is 0 Å². The van der Waals surface area contributed by atoms with Crippen LogP contribution in [0.3, 0.4) is 0 Å². The first kappa shape index (κ1) is 38.5. The SMILES string of the molecule is CCCC[C@H](NC(=O)[C@@H]1[C@@H]2[C@H](CN1C(=O)[C@@H](NC(=O)NC1(CS(=O)(=O)N3CCCC3)CCCCC1)C(C)(C)C)C2(C)C)C(=O)C(=O)NC1CC1. The Kier molecular flexibility index (Phi) is 11.3. The molecule has 0 aromatic carbocycles. The monoisotopic (exact) mass is 720 g/mol. The van der Waals surface area contributed by atoms with E-state index < -0.39 is 68.6 Å². The summed E-state index contributed by atoms with van der Waals surface area (Å²) in [7, 11) is -3.59. The second-order valence-electron chi connectivity index (χ2n) is 17.3. The molecule has 0 radical (unpaired) electrons. The Balaban J connectivity index is 1.32. The quantitative estimate of drug-likeness (QED) is 0.200. The molecule has 50 heavy (non-hydrogen) atoms. The summed E-state index contributed by atoms with van der Waals surface area (Å²) in [6.45, 7) is 13.0. The number of rotatable bonds is 14. The topological polar surface area (TPSA) is 174 Å². The van der Waals surface area contributed by atoms with Crippen molar-refractivity contribution in [2.24, 2.45) is 22.7 Å². The number of hydrogen-bond acceptors (Lipinski definition) is 7. The van der Waals surface area contributed by atoms with Crippen molar-refractivity contribution in [1.29, 1.82) is 0 Å². The van der Waals surface area contributed by atoms with Crippen LogP contribution in [0.1, 0.15) is 119 Å². The van der Waals surface area contributed by atoms with Crippen molar-refractivity contribution in [3.05, 3.63) is 0 Å². The number of amides is 5. The molecule has 4 N–H and O–H groups in total. The van der Waals surface area contributed by atoms with Crippen LogP contribution in [0, 0.1) is 22.7 Å². The van der Waals surface area contributed by atoms with Crippen LogP contribution in [-0.4, -0.2) is 102 Å². The lowest BCUT2D eigenvalue weighted by molar-refractivity contribution is -0.145. The van der Waals surface area contributed by atoms with E-state index in [9.17, 15) is 32.4 Å². The molecular formula is C36H60N6O7S. The molecule has 5 fully saturated rings. The second kappa shape index (κ2) is 14.7. The Hall–Kier alpha value is -2.74. The summed E-state index contributed by atoms with van der Waals surface area (Å²) in [5.41, 5.74) is -1.89. The fourth-order valence-electron chi connectivity index (χ4n) is 8.55. The first-order valence-electron chi connectivity index (χ1n) is 18.9. The van der Waals surface area contributed by atoms with Gasteiger partial charge in [0.15, 0.2) is 0 Å². The van der Waals surface area contributed by atoms with Gasteiger partial charge in [-0.1, -0.05) is 73.6 Å². The minimum Gasteiger partial charge on any atom is -0.347 e. The number of nitrogens with one attached hydrogen (secondary N) is 4. The van der Waals surface area contributed by atoms with E-state index in [4.69, 9.17) is 0 Å². The maximum Gasteiger partial charge on any atom is 0.315 e. The van der Waals surface area contributed by atoms with E-state index in [2.05, 4.69) is 35.1 Å². The maximum absolute atomic E-state index is 14.5. The van der Waals surface area contributed by atoms with E-state index in [-0.39, 0.29) is 29.0 Å². The Morgan fingerprint density at radius 1 is 0.920 bits per heavy atom. The molecule has 2 aliphatic heterocycles. The van der Waals surface area contributed by atoms with Crippen molar-refractivity contribution in [3.8, 4) is 0 Å². The van der Waals surface area contributed by atoms with Crippen LogP contribution in [0.15, 0.2) is 0 Å². The molecule has 2 saturated heterocycles. The summed E-state index contributed by atoms with van der Waals surface area (Å²) < 4.78 is 28.4. The van der Waals surface area contributed by atoms with Crippen molar-refractivity contribution in [1.82, 2.24) is 30.5 Å². The zero-order chi connectivity index (χ0) is 36.6. The predicted octanol–water partition coefficient (Wildman–Crippen LogP) is 2.83. The Bertz CT molecular complexity index is 1430. The molecule has 13 nitrogen and oxygen atoms in total. The highest BCUT2D eigenvalue weighted by Crippen LogP contribution is 2.65. The van der Waals surface area contributed by atoms with Gasteiger partial charge in [0.1, 0.15) is 12.1 Å². The molecule has 2 heterocycles. The van der Waals surface area contributed by atoms with Gasteiger partial charge in [-0.3, -0.25) is 19.2 Å². The molecule has 0 aromatic rings. The van der Waals surface area contributed by atoms with E-state index in [1.807, 2.05) is 27.7 Å². The van der Waals surface area contributed by atoms with Crippen LogP contribution in [0.25, 0.3) is 0 Å². The average Bonchev–Trinajstić information content (AvgIpc) is 3.72. The highest BCUT2D eigenvalue weighted by atomic mass is 32.2. The number of unbranched alkanes of at least 4 members (excludes halogenated alkanes) is 1. The third-order valence-electron chi connectivity index (χ3n) is 11.9. The first-order chi connectivity index (χ1) is 23.4. The molecule has 0 bridgehead atoms. The summed E-state index contributed by atoms with van der Waals surface area (Å²) in [6, 6.07) is -3.47. The number of carbonyl (C=O) groups is 5. The standard InChI is InChI=1S/C36H60N6O7S/c1-7-8-14-25(28(43)31(45)37-23-15-16-23)38-30(44)27-26-24(35(26,5)6)21-42(27)32(46)29(34(2,3)4)39-33(47)40-36(17-10-9-11-18-36)22-50(48,49)41-19-12-13-20-41/h23-27,29H,7-22H2,1-6H3,(H,37,45)(H,38,44)(H2,39,40,47)/t24-,25-,26-,27-,29+/m0/s1. The Morgan fingerprint density at radius 3 is 2.14 bits per heavy atom. The van der Waals surface area contributed by atoms with E-state index in [1.54, 1.807) is 4.90 Å². The lowest BCUT2D eigenvalue weighted by Gasteiger charge is -2.41. The number of sulfonamides is 1. The van der Waals surface area contributed by atoms with Gasteiger partial charge in [-0.15, -0.1) is 0 Å². The summed E-state index contributed by atoms with van der Waals surface area (Å²) in [5, 5.41) is 11.5. The van der Waals surface area contributed by atoms with Crippen molar-refractivity contribution >= 4 is 39.6 Å². The fraction of sp³-hybridized carbons (Fsp3) is 0.861. The maximum atomic E-state index is 14.5. The minimum atomic E-state index is -3.59. The number of urea groups is 1. The lowest BCUT2D eigenvalue weighted by atomic mass is 9.83. The van der Waals surface area contributed by atoms with Crippen LogP contribution in [0.4, 0.5) is 4.79 Å². The number of ketones is 1. The molecule has 5 amide bonds. The van der Waals surface area contributed by atoms with Gasteiger partial charge in [0.05, 0.1) is 17.3 Å². The van der Waals surface area contributed by atoms with Crippen LogP contribution in [0.5, 0.6) is 0 Å². The highest BCUT2D eigenvalue weighted by Gasteiger charge is 2.70. The van der Waals surface area contributed by atoms with Crippen LogP contribution < -0.4 is 21.3 Å². The van der Waals surface area contributed by atoms with Gasteiger partial charge in [0.25, 0.3) is 5.91 Å². The zero-order valence-corrected chi connectivity index (χ0v) is 31.8. The lowest BCUT2D eigenvalue weighted by Crippen LogP contribution is -2.64. The largest absolute Gasteiger partial charge is 0.347 e. The second-order valence-corrected chi connectivity index (χ2v) is 19.3. The summed E-state index contributed by atoms with van der Waals surface area (Å²) >= 11 is 0. The number of carbonyl (C=O) groups excluding carboxylic acids is 5. The first-order valence-corrected chi connectivity index (χ1v) is 20.5. The predicted molar refractivity (Wildman–Crippen MR) is 189 cm³/mol. The van der Waals surface area contributed by atoms with E-state index >= 15 is 0 Å². The smallest absolute Gasteiger partial charge is 0.315 e. The average molecular weight is 721 g/mol. The molecule has 14 heteroatoms. The molecule has 3 saturated carbocycles. The van der Waals surface area contributed by atoms with Crippen molar-refractivity contribution in [2.45, 2.75) is 148 Å². The van der Waals surface area contributed by atoms with E-state index in [0.717, 1.165) is 51.4 Å². The number of Topliss-reactive ketones (excluding diaryl/α,β-unsaturated/α-hetero) is 1. The number of likely N-dealkylation sites (tertiary alicyclic amines) is 1. The Morgan fingerprint density at radius 2 is 1.56 bits per heavy atom. The number of fused-ring (bicyclic) bond motifs is 1. The summed E-state index contributed by atoms with van der Waals surface area (Å²) in [5.74, 6) is -2.47. The van der Waals surface area contributed by atoms with Crippen LogP contribution in [-0.2, 0) is 29.2 Å². The molecule has 5 aliphatic rings. The molecule has 5 rings (SSSR count). The van der Waals surface area contributed by atoms with Gasteiger partial charge < -0.3 is 26.2 Å². The van der Waals surface area contributed by atoms with Gasteiger partial charge >= 0.3 is 6.03 Å². The normalized spacial score (nSPS) is 27.1. The van der Waals surface area contributed by atoms with Crippen LogP contribution in [0.2, 0.25) is 0 Å². The third kappa shape index (κ3) is 8.48. The van der Waals surface area contributed by atoms with Crippen molar-refractivity contribution < 1.29 is 32.4 Å². The Labute approximate surface area is 298 Å². The van der Waals surface area contributed by atoms with Gasteiger partial charge in [-0.25, -0.2) is 17.5 Å². The van der Waals surface area contributed by atoms with Gasteiger partial charge in [-0.2, -0.15) is 0 Å². The third-order valence-corrected chi connectivity index (χ3v) is 13.9. The summed E-state index contributed by atoms with van der Waals surface area (Å²) in [6.07, 6.45) is 8.69. The van der Waals surface area contributed by atoms with Crippen LogP contribution >= 0.6 is 0 Å². The van der Waals surface area contributed by atoms with Gasteiger partial charge in [-0.05, 0) is 67.6 Å². The van der Waals surface area contributed by atoms with Crippen molar-refractivity contribution in [2.75, 3.05) is 25.4 Å². The van der Waals surface area contributed by atoms with E-state index in [1.165, 1.54) is 4.31 Å². The molecule has 0 unspecified atom stereocenters.